The lowest BCUT2D eigenvalue weighted by Gasteiger charge is -2.32. The summed E-state index contributed by atoms with van der Waals surface area (Å²) >= 11 is 0. The number of ether oxygens (including phenoxy) is 1. The van der Waals surface area contributed by atoms with Crippen molar-refractivity contribution in [3.8, 4) is 0 Å². The Morgan fingerprint density at radius 1 is 1.46 bits per heavy atom. The molecule has 132 valence electrons. The van der Waals surface area contributed by atoms with E-state index in [4.69, 9.17) is 9.84 Å². The number of aliphatic carboxylic acids is 1. The van der Waals surface area contributed by atoms with E-state index in [1.54, 1.807) is 18.7 Å². The summed E-state index contributed by atoms with van der Waals surface area (Å²) in [4.78, 5) is 35.1. The molecule has 24 heavy (non-hydrogen) atoms. The minimum absolute atomic E-state index is 0.0321. The maximum atomic E-state index is 12.3. The van der Waals surface area contributed by atoms with Gasteiger partial charge in [0.25, 0.3) is 0 Å². The molecule has 2 rings (SSSR count). The molecule has 0 saturated carbocycles. The van der Waals surface area contributed by atoms with E-state index >= 15 is 0 Å². The van der Waals surface area contributed by atoms with E-state index in [1.807, 2.05) is 0 Å². The van der Waals surface area contributed by atoms with Crippen molar-refractivity contribution in [1.29, 1.82) is 0 Å². The molecular weight excluding hydrogens is 320 g/mol. The number of carbonyl (C=O) groups is 2. The Morgan fingerprint density at radius 2 is 2.17 bits per heavy atom. The summed E-state index contributed by atoms with van der Waals surface area (Å²) < 4.78 is 6.79. The average Bonchev–Trinajstić information content (AvgIpc) is 2.78. The number of aromatic nitrogens is 2. The summed E-state index contributed by atoms with van der Waals surface area (Å²) in [5.74, 6) is -1.12. The lowest BCUT2D eigenvalue weighted by Crippen LogP contribution is -2.46. The zero-order valence-corrected chi connectivity index (χ0v) is 13.6. The van der Waals surface area contributed by atoms with Gasteiger partial charge < -0.3 is 14.7 Å². The molecule has 2 heterocycles. The largest absolute Gasteiger partial charge is 0.481 e. The van der Waals surface area contributed by atoms with Crippen LogP contribution in [0.25, 0.3) is 0 Å². The zero-order chi connectivity index (χ0) is 17.9. The van der Waals surface area contributed by atoms with Gasteiger partial charge in [0.2, 0.25) is 5.91 Å². The van der Waals surface area contributed by atoms with Gasteiger partial charge in [-0.1, -0.05) is 0 Å². The monoisotopic (exact) mass is 340 g/mol. The van der Waals surface area contributed by atoms with Crippen molar-refractivity contribution in [2.24, 2.45) is 0 Å². The van der Waals surface area contributed by atoms with E-state index in [-0.39, 0.29) is 37.5 Å². The first-order valence-electron chi connectivity index (χ1n) is 7.59. The van der Waals surface area contributed by atoms with Crippen molar-refractivity contribution in [2.75, 3.05) is 19.7 Å². The molecule has 0 radical (unpaired) electrons. The molecule has 1 atom stereocenters. The third kappa shape index (κ3) is 4.07. The van der Waals surface area contributed by atoms with Crippen molar-refractivity contribution in [2.45, 2.75) is 39.3 Å². The molecule has 1 unspecified atom stereocenters. The van der Waals surface area contributed by atoms with Crippen molar-refractivity contribution in [3.05, 3.63) is 21.5 Å². The van der Waals surface area contributed by atoms with Crippen molar-refractivity contribution in [3.63, 3.8) is 0 Å². The predicted octanol–water partition coefficient (Wildman–Crippen LogP) is 0.500. The summed E-state index contributed by atoms with van der Waals surface area (Å²) in [6.45, 7) is 4.34. The third-order valence-corrected chi connectivity index (χ3v) is 3.96. The smallest absolute Gasteiger partial charge is 0.312 e. The molecule has 1 aromatic rings. The Balaban J connectivity index is 1.95. The molecule has 10 heteroatoms. The summed E-state index contributed by atoms with van der Waals surface area (Å²) in [5.41, 5.74) is 0.698. The number of hydrogen-bond acceptors (Lipinski definition) is 6. The van der Waals surface area contributed by atoms with E-state index < -0.39 is 17.0 Å². The highest BCUT2D eigenvalue weighted by molar-refractivity contribution is 5.76. The summed E-state index contributed by atoms with van der Waals surface area (Å²) in [5, 5.41) is 23.9. The van der Waals surface area contributed by atoms with Gasteiger partial charge in [-0.3, -0.25) is 24.4 Å². The fourth-order valence-corrected chi connectivity index (χ4v) is 2.79. The van der Waals surface area contributed by atoms with Gasteiger partial charge in [-0.25, -0.2) is 0 Å². The summed E-state index contributed by atoms with van der Waals surface area (Å²) in [7, 11) is 0. The molecule has 1 amide bonds. The summed E-state index contributed by atoms with van der Waals surface area (Å²) in [6, 6.07) is 0. The van der Waals surface area contributed by atoms with E-state index in [9.17, 15) is 19.7 Å². The highest BCUT2D eigenvalue weighted by atomic mass is 16.6. The summed E-state index contributed by atoms with van der Waals surface area (Å²) in [6.07, 6.45) is -0.512. The third-order valence-electron chi connectivity index (χ3n) is 3.96. The number of carbonyl (C=O) groups excluding carboxylic acids is 1. The molecule has 0 bridgehead atoms. The van der Waals surface area contributed by atoms with Gasteiger partial charge in [0.15, 0.2) is 0 Å². The number of carboxylic acid groups (broad SMARTS) is 1. The number of morpholine rings is 1. The van der Waals surface area contributed by atoms with Gasteiger partial charge in [-0.2, -0.15) is 5.10 Å². The standard InChI is InChI=1S/C14H20N4O6/c1-9-14(18(22)23)10(2)17(15-9)4-3-12(19)16-5-6-24-11(8-16)7-13(20)21/h11H,3-8H2,1-2H3,(H,20,21). The van der Waals surface area contributed by atoms with Crippen LogP contribution in [0.2, 0.25) is 0 Å². The zero-order valence-electron chi connectivity index (χ0n) is 13.6. The number of hydrogen-bond donors (Lipinski definition) is 1. The number of nitrogens with zero attached hydrogens (tertiary/aromatic N) is 4. The van der Waals surface area contributed by atoms with Crippen LogP contribution in [0, 0.1) is 24.0 Å². The van der Waals surface area contributed by atoms with Crippen LogP contribution in [0.15, 0.2) is 0 Å². The van der Waals surface area contributed by atoms with Gasteiger partial charge >= 0.3 is 11.7 Å². The van der Waals surface area contributed by atoms with Crippen molar-refractivity contribution < 1.29 is 24.4 Å². The quantitative estimate of drug-likeness (QED) is 0.590. The fourth-order valence-electron chi connectivity index (χ4n) is 2.79. The van der Waals surface area contributed by atoms with E-state index in [0.29, 0.717) is 24.5 Å². The van der Waals surface area contributed by atoms with Crippen LogP contribution in [0.1, 0.15) is 24.2 Å². The predicted molar refractivity (Wildman–Crippen MR) is 81.5 cm³/mol. The Bertz CT molecular complexity index is 656. The molecule has 0 aliphatic carbocycles. The maximum absolute atomic E-state index is 12.3. The van der Waals surface area contributed by atoms with Gasteiger partial charge in [0.05, 0.1) is 30.6 Å². The molecular formula is C14H20N4O6. The normalized spacial score (nSPS) is 17.8. The molecule has 1 aromatic heterocycles. The first-order valence-corrected chi connectivity index (χ1v) is 7.59. The van der Waals surface area contributed by atoms with Gasteiger partial charge in [0.1, 0.15) is 11.4 Å². The van der Waals surface area contributed by atoms with Crippen LogP contribution in [0.4, 0.5) is 5.69 Å². The van der Waals surface area contributed by atoms with Crippen LogP contribution in [-0.4, -0.2) is 62.4 Å². The minimum Gasteiger partial charge on any atom is -0.481 e. The van der Waals surface area contributed by atoms with Crippen LogP contribution < -0.4 is 0 Å². The van der Waals surface area contributed by atoms with Gasteiger partial charge in [-0.15, -0.1) is 0 Å². The highest BCUT2D eigenvalue weighted by Gasteiger charge is 2.27. The average molecular weight is 340 g/mol. The molecule has 1 aliphatic heterocycles. The van der Waals surface area contributed by atoms with Crippen LogP contribution in [0.3, 0.4) is 0 Å². The van der Waals surface area contributed by atoms with Crippen LogP contribution in [-0.2, 0) is 20.9 Å². The first kappa shape index (κ1) is 17.9. The topological polar surface area (TPSA) is 128 Å². The van der Waals surface area contributed by atoms with E-state index in [2.05, 4.69) is 5.10 Å². The molecule has 0 spiro atoms. The van der Waals surface area contributed by atoms with Crippen molar-refractivity contribution >= 4 is 17.6 Å². The number of aryl methyl sites for hydroxylation is 2. The van der Waals surface area contributed by atoms with Crippen LogP contribution >= 0.6 is 0 Å². The number of amides is 1. The molecule has 1 N–H and O–H groups in total. The van der Waals surface area contributed by atoms with Gasteiger partial charge in [-0.05, 0) is 13.8 Å². The highest BCUT2D eigenvalue weighted by Crippen LogP contribution is 2.22. The fraction of sp³-hybridized carbons (Fsp3) is 0.643. The Hall–Kier alpha value is -2.49. The maximum Gasteiger partial charge on any atom is 0.312 e. The second-order valence-corrected chi connectivity index (χ2v) is 5.68. The Labute approximate surface area is 138 Å². The lowest BCUT2D eigenvalue weighted by atomic mass is 10.2. The first-order chi connectivity index (χ1) is 11.3. The molecule has 1 fully saturated rings. The van der Waals surface area contributed by atoms with Crippen molar-refractivity contribution in [1.82, 2.24) is 14.7 Å². The Kier molecular flexibility index (Phi) is 5.50. The number of carboxylic acids is 1. The number of nitro groups is 1. The van der Waals surface area contributed by atoms with Gasteiger partial charge in [0, 0.05) is 19.5 Å². The van der Waals surface area contributed by atoms with Crippen LogP contribution in [0.5, 0.6) is 0 Å². The lowest BCUT2D eigenvalue weighted by molar-refractivity contribution is -0.386. The molecule has 10 nitrogen and oxygen atoms in total. The van der Waals surface area contributed by atoms with E-state index in [1.165, 1.54) is 4.68 Å². The SMILES string of the molecule is Cc1nn(CCC(=O)N2CCOC(CC(=O)O)C2)c(C)c1[N+](=O)[O-]. The van der Waals surface area contributed by atoms with E-state index in [0.717, 1.165) is 0 Å². The molecule has 1 saturated heterocycles. The second kappa shape index (κ2) is 7.39. The minimum atomic E-state index is -0.968. The second-order valence-electron chi connectivity index (χ2n) is 5.68. The molecule has 1 aliphatic rings. The number of rotatable bonds is 6. The molecule has 0 aromatic carbocycles. The Morgan fingerprint density at radius 3 is 2.75 bits per heavy atom.